The van der Waals surface area contributed by atoms with Crippen molar-refractivity contribution in [1.82, 2.24) is 4.34 Å². The van der Waals surface area contributed by atoms with Gasteiger partial charge in [-0.2, -0.15) is 0 Å². The molecule has 0 saturated carbocycles. The van der Waals surface area contributed by atoms with Crippen molar-refractivity contribution < 1.29 is 4.57 Å². The van der Waals surface area contributed by atoms with E-state index in [1.54, 1.807) is 0 Å². The van der Waals surface area contributed by atoms with E-state index in [1.807, 2.05) is 0 Å². The Hall–Kier alpha value is -0.360. The molecular weight excluding hydrogens is 227 g/mol. The molecule has 1 aromatic rings. The lowest BCUT2D eigenvalue weighted by molar-refractivity contribution is -0.715. The van der Waals surface area contributed by atoms with E-state index in [-0.39, 0.29) is 8.07 Å². The van der Waals surface area contributed by atoms with E-state index in [0.717, 1.165) is 0 Å². The third kappa shape index (κ3) is 3.55. The number of hydrogen-bond acceptors (Lipinski definition) is 0. The Morgan fingerprint density at radius 3 is 1.76 bits per heavy atom. The second-order valence-electron chi connectivity index (χ2n) is 6.99. The molecule has 0 saturated heterocycles. The first-order valence-electron chi connectivity index (χ1n) is 6.43. The molecule has 0 N–H and O–H groups in total. The van der Waals surface area contributed by atoms with Crippen molar-refractivity contribution in [2.24, 2.45) is 0 Å². The van der Waals surface area contributed by atoms with E-state index in [1.165, 1.54) is 0 Å². The predicted molar refractivity (Wildman–Crippen MR) is 76.8 cm³/mol. The summed E-state index contributed by atoms with van der Waals surface area (Å²) >= 11 is 0. The van der Waals surface area contributed by atoms with Gasteiger partial charge in [0.15, 0.2) is 0 Å². The summed E-state index contributed by atoms with van der Waals surface area (Å²) in [6.45, 7) is 18.6. The van der Waals surface area contributed by atoms with Crippen LogP contribution >= 0.6 is 8.07 Å². The van der Waals surface area contributed by atoms with Crippen LogP contribution in [0.15, 0.2) is 18.7 Å². The number of hydrogen-bond donors (Lipinski definition) is 0. The van der Waals surface area contributed by atoms with Gasteiger partial charge in [0.1, 0.15) is 20.5 Å². The molecule has 17 heavy (non-hydrogen) atoms. The monoisotopic (exact) mass is 255 g/mol. The predicted octanol–water partition coefficient (Wildman–Crippen LogP) is 4.20. The van der Waals surface area contributed by atoms with Gasteiger partial charge in [-0.1, -0.05) is 41.5 Å². The van der Waals surface area contributed by atoms with Gasteiger partial charge in [0.05, 0.1) is 6.04 Å². The minimum atomic E-state index is -0.246. The SMILES string of the molecule is CC(C)[n+]1ccn(P(C(C)(C)C)C(C)(C)C)c1. The van der Waals surface area contributed by atoms with Crippen molar-refractivity contribution in [1.29, 1.82) is 0 Å². The van der Waals surface area contributed by atoms with Gasteiger partial charge in [0.25, 0.3) is 0 Å². The first kappa shape index (κ1) is 14.7. The molecule has 0 radical (unpaired) electrons. The zero-order valence-corrected chi connectivity index (χ0v) is 13.5. The summed E-state index contributed by atoms with van der Waals surface area (Å²) in [5, 5.41) is 0.642. The molecule has 2 nitrogen and oxygen atoms in total. The zero-order valence-electron chi connectivity index (χ0n) is 12.7. The highest BCUT2D eigenvalue weighted by molar-refractivity contribution is 7.59. The molecule has 0 bridgehead atoms. The molecule has 1 aromatic heterocycles. The molecule has 0 atom stereocenters. The molecule has 0 aliphatic carbocycles. The van der Waals surface area contributed by atoms with E-state index >= 15 is 0 Å². The topological polar surface area (TPSA) is 8.81 Å². The van der Waals surface area contributed by atoms with Crippen LogP contribution in [-0.4, -0.2) is 14.6 Å². The zero-order chi connectivity index (χ0) is 13.4. The standard InChI is InChI=1S/C14H28N2P/c1-12(2)15-9-10-16(11-15)17(13(3,4)5)14(6,7)8/h9-12H,1-8H3/q+1. The lowest BCUT2D eigenvalue weighted by atomic mass is 10.2. The minimum Gasteiger partial charge on any atom is -0.235 e. The summed E-state index contributed by atoms with van der Waals surface area (Å²) in [4.78, 5) is 0. The molecular formula is C14H28N2P+. The summed E-state index contributed by atoms with van der Waals surface area (Å²) in [6.07, 6.45) is 6.70. The Bertz CT molecular complexity index is 352. The number of aromatic nitrogens is 2. The molecule has 1 rings (SSSR count). The van der Waals surface area contributed by atoms with Crippen LogP contribution in [-0.2, 0) is 0 Å². The molecule has 98 valence electrons. The maximum atomic E-state index is 2.44. The Morgan fingerprint density at radius 2 is 1.47 bits per heavy atom. The molecule has 0 aromatic carbocycles. The Morgan fingerprint density at radius 1 is 1.00 bits per heavy atom. The van der Waals surface area contributed by atoms with Gasteiger partial charge in [0, 0.05) is 10.3 Å². The van der Waals surface area contributed by atoms with Gasteiger partial charge in [-0.05, 0) is 13.8 Å². The quantitative estimate of drug-likeness (QED) is 0.553. The summed E-state index contributed by atoms with van der Waals surface area (Å²) in [5.41, 5.74) is 0. The molecule has 0 aliphatic rings. The average Bonchev–Trinajstić information content (AvgIpc) is 2.46. The lowest BCUT2D eigenvalue weighted by Gasteiger charge is -2.36. The first-order valence-corrected chi connectivity index (χ1v) is 7.72. The largest absolute Gasteiger partial charge is 0.246 e. The van der Waals surface area contributed by atoms with Gasteiger partial charge in [-0.15, -0.1) is 0 Å². The van der Waals surface area contributed by atoms with E-state index in [9.17, 15) is 0 Å². The molecule has 0 aliphatic heterocycles. The van der Waals surface area contributed by atoms with Crippen LogP contribution < -0.4 is 4.57 Å². The van der Waals surface area contributed by atoms with Gasteiger partial charge in [-0.25, -0.2) is 8.90 Å². The fourth-order valence-electron chi connectivity index (χ4n) is 2.48. The van der Waals surface area contributed by atoms with Crippen LogP contribution in [0, 0.1) is 0 Å². The highest BCUT2D eigenvalue weighted by atomic mass is 31.1. The molecule has 0 amide bonds. The van der Waals surface area contributed by atoms with Crippen molar-refractivity contribution in [3.8, 4) is 0 Å². The van der Waals surface area contributed by atoms with Crippen molar-refractivity contribution in [2.45, 2.75) is 71.7 Å². The van der Waals surface area contributed by atoms with Crippen molar-refractivity contribution >= 4 is 8.07 Å². The highest BCUT2D eigenvalue weighted by Gasteiger charge is 2.40. The Balaban J connectivity index is 3.15. The lowest BCUT2D eigenvalue weighted by Crippen LogP contribution is -2.34. The maximum absolute atomic E-state index is 2.44. The Kier molecular flexibility index (Phi) is 4.08. The van der Waals surface area contributed by atoms with Gasteiger partial charge in [0.2, 0.25) is 6.33 Å². The third-order valence-electron chi connectivity index (χ3n) is 2.74. The van der Waals surface area contributed by atoms with Crippen LogP contribution in [0.4, 0.5) is 0 Å². The second-order valence-corrected chi connectivity index (χ2v) is 10.8. The number of nitrogens with zero attached hydrogens (tertiary/aromatic N) is 2. The summed E-state index contributed by atoms with van der Waals surface area (Å²) in [7, 11) is -0.246. The van der Waals surface area contributed by atoms with Crippen LogP contribution in [0.2, 0.25) is 0 Å². The van der Waals surface area contributed by atoms with Crippen LogP contribution in [0.5, 0.6) is 0 Å². The molecule has 0 unspecified atom stereocenters. The van der Waals surface area contributed by atoms with Crippen LogP contribution in [0.3, 0.4) is 0 Å². The Labute approximate surface area is 108 Å². The molecule has 1 heterocycles. The fourth-order valence-corrected chi connectivity index (χ4v) is 6.30. The van der Waals surface area contributed by atoms with Crippen molar-refractivity contribution in [3.63, 3.8) is 0 Å². The maximum Gasteiger partial charge on any atom is 0.246 e. The smallest absolute Gasteiger partial charge is 0.235 e. The van der Waals surface area contributed by atoms with Crippen molar-refractivity contribution in [2.75, 3.05) is 0 Å². The number of imidazole rings is 1. The van der Waals surface area contributed by atoms with Gasteiger partial charge < -0.3 is 0 Å². The minimum absolute atomic E-state index is 0.246. The highest BCUT2D eigenvalue weighted by Crippen LogP contribution is 2.59. The van der Waals surface area contributed by atoms with Gasteiger partial charge in [-0.3, -0.25) is 0 Å². The van der Waals surface area contributed by atoms with E-state index in [4.69, 9.17) is 0 Å². The molecule has 3 heteroatoms. The average molecular weight is 255 g/mol. The fraction of sp³-hybridized carbons (Fsp3) is 0.786. The van der Waals surface area contributed by atoms with Crippen LogP contribution in [0.1, 0.15) is 61.4 Å². The van der Waals surface area contributed by atoms with Crippen LogP contribution in [0.25, 0.3) is 0 Å². The first-order chi connectivity index (χ1) is 7.53. The number of rotatable bonds is 2. The summed E-state index contributed by atoms with van der Waals surface area (Å²) in [6, 6.07) is 0.535. The normalized spacial score (nSPS) is 13.8. The third-order valence-corrected chi connectivity index (χ3v) is 5.98. The second kappa shape index (κ2) is 4.72. The van der Waals surface area contributed by atoms with E-state index in [2.05, 4.69) is 83.0 Å². The van der Waals surface area contributed by atoms with E-state index in [0.29, 0.717) is 16.4 Å². The van der Waals surface area contributed by atoms with Crippen molar-refractivity contribution in [3.05, 3.63) is 18.7 Å². The summed E-state index contributed by atoms with van der Waals surface area (Å²) < 4.78 is 4.72. The summed E-state index contributed by atoms with van der Waals surface area (Å²) in [5.74, 6) is 0. The van der Waals surface area contributed by atoms with Gasteiger partial charge >= 0.3 is 0 Å². The molecule has 0 fully saturated rings. The van der Waals surface area contributed by atoms with E-state index < -0.39 is 0 Å². The molecule has 0 spiro atoms.